The predicted molar refractivity (Wildman–Crippen MR) is 47.5 cm³/mol. The molecule has 1 atom stereocenters. The molecule has 0 aliphatic carbocycles. The van der Waals surface area contributed by atoms with Crippen molar-refractivity contribution in [3.63, 3.8) is 0 Å². The molecule has 1 saturated heterocycles. The lowest BCUT2D eigenvalue weighted by Crippen LogP contribution is -2.48. The van der Waals surface area contributed by atoms with E-state index in [0.717, 1.165) is 0 Å². The number of H-pyrrole nitrogens is 1. The van der Waals surface area contributed by atoms with Crippen LogP contribution in [0, 0.1) is 0 Å². The lowest BCUT2D eigenvalue weighted by Gasteiger charge is -2.29. The number of rotatable bonds is 2. The number of aliphatic carboxylic acids is 1. The Balaban J connectivity index is 2.05. The van der Waals surface area contributed by atoms with Crippen molar-refractivity contribution >= 4 is 11.9 Å². The molecule has 1 fully saturated rings. The van der Waals surface area contributed by atoms with Crippen LogP contribution < -0.4 is 0 Å². The standard InChI is InChI=1S/C7H9N5O4/c13-6(5-8-10-11-9-5)12-1-2-16-4(3-12)7(14)15/h4H,1-3H2,(H,14,15)(H,8,9,10,11). The molecule has 9 heteroatoms. The van der Waals surface area contributed by atoms with Crippen molar-refractivity contribution < 1.29 is 19.4 Å². The highest BCUT2D eigenvalue weighted by Crippen LogP contribution is 2.07. The molecule has 1 amide bonds. The number of nitrogens with zero attached hydrogens (tertiary/aromatic N) is 4. The molecule has 16 heavy (non-hydrogen) atoms. The molecule has 0 bridgehead atoms. The van der Waals surface area contributed by atoms with Crippen molar-refractivity contribution in [1.82, 2.24) is 25.5 Å². The first-order chi connectivity index (χ1) is 7.68. The number of amides is 1. The number of nitrogens with one attached hydrogen (secondary N) is 1. The van der Waals surface area contributed by atoms with Gasteiger partial charge >= 0.3 is 5.97 Å². The van der Waals surface area contributed by atoms with Crippen LogP contribution in [0.1, 0.15) is 10.6 Å². The second-order valence-electron chi connectivity index (χ2n) is 3.18. The summed E-state index contributed by atoms with van der Waals surface area (Å²) in [5, 5.41) is 21.2. The summed E-state index contributed by atoms with van der Waals surface area (Å²) in [5.41, 5.74) is 0. The van der Waals surface area contributed by atoms with E-state index in [2.05, 4.69) is 20.6 Å². The van der Waals surface area contributed by atoms with Crippen molar-refractivity contribution in [2.45, 2.75) is 6.10 Å². The number of tetrazole rings is 1. The number of hydrogen-bond acceptors (Lipinski definition) is 6. The Bertz CT molecular complexity index is 391. The molecule has 1 aliphatic rings. The molecule has 2 rings (SSSR count). The predicted octanol–water partition coefficient (Wildman–Crippen LogP) is -1.87. The summed E-state index contributed by atoms with van der Waals surface area (Å²) in [7, 11) is 0. The third-order valence-corrected chi connectivity index (χ3v) is 2.17. The molecule has 0 aromatic carbocycles. The fraction of sp³-hybridized carbons (Fsp3) is 0.571. The molecule has 0 spiro atoms. The van der Waals surface area contributed by atoms with Gasteiger partial charge in [0.05, 0.1) is 13.2 Å². The van der Waals surface area contributed by atoms with Gasteiger partial charge in [0.25, 0.3) is 11.7 Å². The van der Waals surface area contributed by atoms with Gasteiger partial charge in [-0.05, 0) is 5.21 Å². The minimum atomic E-state index is -1.09. The summed E-state index contributed by atoms with van der Waals surface area (Å²) >= 11 is 0. The highest BCUT2D eigenvalue weighted by Gasteiger charge is 2.30. The summed E-state index contributed by atoms with van der Waals surface area (Å²) in [5.74, 6) is -1.63. The second kappa shape index (κ2) is 4.23. The zero-order chi connectivity index (χ0) is 11.5. The molecule has 1 unspecified atom stereocenters. The van der Waals surface area contributed by atoms with Crippen LogP contribution in [0.4, 0.5) is 0 Å². The number of carboxylic acid groups (broad SMARTS) is 1. The molecule has 0 saturated carbocycles. The van der Waals surface area contributed by atoms with E-state index in [4.69, 9.17) is 9.84 Å². The van der Waals surface area contributed by atoms with E-state index in [1.165, 1.54) is 4.90 Å². The van der Waals surface area contributed by atoms with Crippen LogP contribution in [-0.2, 0) is 9.53 Å². The number of ether oxygens (including phenoxy) is 1. The fourth-order valence-electron chi connectivity index (χ4n) is 1.38. The maximum atomic E-state index is 11.7. The summed E-state index contributed by atoms with van der Waals surface area (Å²) in [6, 6.07) is 0. The van der Waals surface area contributed by atoms with Crippen molar-refractivity contribution in [3.8, 4) is 0 Å². The largest absolute Gasteiger partial charge is 0.479 e. The number of aromatic amines is 1. The van der Waals surface area contributed by atoms with Gasteiger partial charge in [0.15, 0.2) is 6.10 Å². The Morgan fingerprint density at radius 2 is 2.38 bits per heavy atom. The van der Waals surface area contributed by atoms with Crippen molar-refractivity contribution in [2.24, 2.45) is 0 Å². The summed E-state index contributed by atoms with van der Waals surface area (Å²) < 4.78 is 4.98. The van der Waals surface area contributed by atoms with Gasteiger partial charge in [0.1, 0.15) is 0 Å². The van der Waals surface area contributed by atoms with E-state index >= 15 is 0 Å². The molecule has 2 N–H and O–H groups in total. The number of aromatic nitrogens is 4. The number of hydrogen-bond donors (Lipinski definition) is 2. The lowest BCUT2D eigenvalue weighted by molar-refractivity contribution is -0.154. The van der Waals surface area contributed by atoms with Crippen molar-refractivity contribution in [3.05, 3.63) is 5.82 Å². The molecular formula is C7H9N5O4. The van der Waals surface area contributed by atoms with E-state index in [-0.39, 0.29) is 19.0 Å². The van der Waals surface area contributed by atoms with E-state index in [1.54, 1.807) is 0 Å². The molecule has 1 aliphatic heterocycles. The number of carbonyl (C=O) groups is 2. The van der Waals surface area contributed by atoms with Crippen LogP contribution in [0.5, 0.6) is 0 Å². The Morgan fingerprint density at radius 1 is 1.56 bits per heavy atom. The smallest absolute Gasteiger partial charge is 0.334 e. The summed E-state index contributed by atoms with van der Waals surface area (Å²) in [6.45, 7) is 0.487. The third kappa shape index (κ3) is 1.98. The third-order valence-electron chi connectivity index (χ3n) is 2.17. The minimum Gasteiger partial charge on any atom is -0.479 e. The van der Waals surface area contributed by atoms with Crippen LogP contribution in [0.15, 0.2) is 0 Å². The van der Waals surface area contributed by atoms with Gasteiger partial charge in [-0.15, -0.1) is 10.2 Å². The highest BCUT2D eigenvalue weighted by atomic mass is 16.5. The van der Waals surface area contributed by atoms with E-state index < -0.39 is 18.0 Å². The number of morpholine rings is 1. The van der Waals surface area contributed by atoms with Crippen LogP contribution in [0.3, 0.4) is 0 Å². The maximum absolute atomic E-state index is 11.7. The minimum absolute atomic E-state index is 0.0112. The lowest BCUT2D eigenvalue weighted by atomic mass is 10.2. The first-order valence-corrected chi connectivity index (χ1v) is 4.55. The van der Waals surface area contributed by atoms with Gasteiger partial charge in [-0.2, -0.15) is 5.21 Å². The Morgan fingerprint density at radius 3 is 3.00 bits per heavy atom. The molecule has 86 valence electrons. The average molecular weight is 227 g/mol. The molecule has 0 radical (unpaired) electrons. The molecule has 1 aromatic heterocycles. The highest BCUT2D eigenvalue weighted by molar-refractivity contribution is 5.90. The van der Waals surface area contributed by atoms with E-state index in [1.807, 2.05) is 0 Å². The maximum Gasteiger partial charge on any atom is 0.334 e. The summed E-state index contributed by atoms with van der Waals surface area (Å²) in [4.78, 5) is 23.7. The molecule has 9 nitrogen and oxygen atoms in total. The summed E-state index contributed by atoms with van der Waals surface area (Å²) in [6.07, 6.45) is -0.996. The topological polar surface area (TPSA) is 121 Å². The number of carbonyl (C=O) groups excluding carboxylic acids is 1. The van der Waals surface area contributed by atoms with Gasteiger partial charge in [0.2, 0.25) is 0 Å². The molecule has 1 aromatic rings. The Labute approximate surface area is 89.4 Å². The Kier molecular flexibility index (Phi) is 2.77. The van der Waals surface area contributed by atoms with Crippen LogP contribution in [0.2, 0.25) is 0 Å². The van der Waals surface area contributed by atoms with Gasteiger partial charge in [-0.1, -0.05) is 0 Å². The fourth-order valence-corrected chi connectivity index (χ4v) is 1.38. The van der Waals surface area contributed by atoms with Gasteiger partial charge in [-0.3, -0.25) is 4.79 Å². The van der Waals surface area contributed by atoms with Crippen LogP contribution in [0.25, 0.3) is 0 Å². The monoisotopic (exact) mass is 227 g/mol. The Hall–Kier alpha value is -2.03. The number of carboxylic acids is 1. The van der Waals surface area contributed by atoms with Gasteiger partial charge in [0, 0.05) is 6.54 Å². The average Bonchev–Trinajstić information content (AvgIpc) is 2.81. The first kappa shape index (κ1) is 10.5. The quantitative estimate of drug-likeness (QED) is 0.606. The molecular weight excluding hydrogens is 218 g/mol. The second-order valence-corrected chi connectivity index (χ2v) is 3.18. The van der Waals surface area contributed by atoms with Crippen molar-refractivity contribution in [1.29, 1.82) is 0 Å². The van der Waals surface area contributed by atoms with Gasteiger partial charge < -0.3 is 14.7 Å². The normalized spacial score (nSPS) is 20.8. The van der Waals surface area contributed by atoms with E-state index in [9.17, 15) is 9.59 Å². The SMILES string of the molecule is O=C(O)C1CN(C(=O)c2nn[nH]n2)CCO1. The zero-order valence-electron chi connectivity index (χ0n) is 8.16. The molecule has 2 heterocycles. The van der Waals surface area contributed by atoms with Crippen molar-refractivity contribution in [2.75, 3.05) is 19.7 Å². The van der Waals surface area contributed by atoms with Gasteiger partial charge in [-0.25, -0.2) is 4.79 Å². The van der Waals surface area contributed by atoms with E-state index in [0.29, 0.717) is 6.54 Å². The zero-order valence-corrected chi connectivity index (χ0v) is 8.16. The van der Waals surface area contributed by atoms with Crippen LogP contribution in [-0.4, -0.2) is 68.3 Å². The first-order valence-electron chi connectivity index (χ1n) is 4.55. The van der Waals surface area contributed by atoms with Crippen LogP contribution >= 0.6 is 0 Å².